The molecular weight excluding hydrogens is 396 g/mol. The third-order valence-electron chi connectivity index (χ3n) is 4.30. The number of anilines is 2. The maximum Gasteiger partial charge on any atom is 0.265 e. The second-order valence-corrected chi connectivity index (χ2v) is 8.31. The van der Waals surface area contributed by atoms with Crippen molar-refractivity contribution in [3.05, 3.63) is 42.5 Å². The van der Waals surface area contributed by atoms with E-state index in [1.165, 1.54) is 21.3 Å². The lowest BCUT2D eigenvalue weighted by Crippen LogP contribution is -2.32. The highest BCUT2D eigenvalue weighted by atomic mass is 32.2. The second-order valence-electron chi connectivity index (χ2n) is 6.29. The van der Waals surface area contributed by atoms with Gasteiger partial charge >= 0.3 is 0 Å². The summed E-state index contributed by atoms with van der Waals surface area (Å²) in [6.45, 7) is 1.83. The van der Waals surface area contributed by atoms with Crippen molar-refractivity contribution in [3.63, 3.8) is 0 Å². The van der Waals surface area contributed by atoms with Crippen LogP contribution in [0, 0.1) is 0 Å². The largest absolute Gasteiger partial charge is 0.497 e. The van der Waals surface area contributed by atoms with Crippen LogP contribution in [0.2, 0.25) is 0 Å². The fourth-order valence-corrected chi connectivity index (χ4v) is 3.04. The average Bonchev–Trinajstić information content (AvgIpc) is 2.71. The molecular formula is C20H26N2O6S. The molecule has 9 heteroatoms. The predicted octanol–water partition coefficient (Wildman–Crippen LogP) is 2.90. The smallest absolute Gasteiger partial charge is 0.265 e. The Balaban J connectivity index is 2.13. The molecule has 1 unspecified atom stereocenters. The SMILES string of the molecule is CCC(Oc1ccc(N(C)S(C)(=O)=O)cc1)C(=O)Nc1cc(OC)ccc1OC. The first kappa shape index (κ1) is 22.4. The Morgan fingerprint density at radius 1 is 1.07 bits per heavy atom. The molecule has 29 heavy (non-hydrogen) atoms. The highest BCUT2D eigenvalue weighted by Gasteiger charge is 2.21. The van der Waals surface area contributed by atoms with Gasteiger partial charge in [-0.25, -0.2) is 8.42 Å². The Bertz CT molecular complexity index is 944. The maximum atomic E-state index is 12.7. The summed E-state index contributed by atoms with van der Waals surface area (Å²) in [6, 6.07) is 11.6. The van der Waals surface area contributed by atoms with Gasteiger partial charge in [0.25, 0.3) is 5.91 Å². The van der Waals surface area contributed by atoms with Crippen molar-refractivity contribution in [2.45, 2.75) is 19.4 Å². The molecule has 0 aliphatic carbocycles. The van der Waals surface area contributed by atoms with Crippen LogP contribution in [0.25, 0.3) is 0 Å². The number of amides is 1. The fourth-order valence-electron chi connectivity index (χ4n) is 2.54. The fraction of sp³-hybridized carbons (Fsp3) is 0.350. The highest BCUT2D eigenvalue weighted by molar-refractivity contribution is 7.92. The zero-order valence-corrected chi connectivity index (χ0v) is 17.9. The molecule has 0 bridgehead atoms. The van der Waals surface area contributed by atoms with Gasteiger partial charge in [-0.05, 0) is 42.8 Å². The van der Waals surface area contributed by atoms with Crippen LogP contribution >= 0.6 is 0 Å². The molecule has 0 aliphatic heterocycles. The summed E-state index contributed by atoms with van der Waals surface area (Å²) in [6.07, 6.45) is 0.814. The number of rotatable bonds is 9. The van der Waals surface area contributed by atoms with E-state index in [2.05, 4.69) is 5.32 Å². The first-order chi connectivity index (χ1) is 13.7. The molecule has 2 aromatic carbocycles. The summed E-state index contributed by atoms with van der Waals surface area (Å²) in [5.74, 6) is 1.20. The van der Waals surface area contributed by atoms with Crippen LogP contribution in [-0.2, 0) is 14.8 Å². The second kappa shape index (κ2) is 9.51. The molecule has 0 saturated heterocycles. The highest BCUT2D eigenvalue weighted by Crippen LogP contribution is 2.29. The number of hydrogen-bond acceptors (Lipinski definition) is 6. The molecule has 2 aromatic rings. The molecule has 0 aromatic heterocycles. The monoisotopic (exact) mass is 422 g/mol. The van der Waals surface area contributed by atoms with Crippen LogP contribution in [-0.4, -0.2) is 48.0 Å². The lowest BCUT2D eigenvalue weighted by atomic mass is 10.2. The van der Waals surface area contributed by atoms with Crippen LogP contribution in [0.5, 0.6) is 17.2 Å². The number of nitrogens with one attached hydrogen (secondary N) is 1. The van der Waals surface area contributed by atoms with Crippen molar-refractivity contribution in [1.29, 1.82) is 0 Å². The third kappa shape index (κ3) is 5.77. The number of benzene rings is 2. The Labute approximate surface area is 171 Å². The van der Waals surface area contributed by atoms with Crippen LogP contribution < -0.4 is 23.8 Å². The lowest BCUT2D eigenvalue weighted by Gasteiger charge is -2.20. The molecule has 2 rings (SSSR count). The van der Waals surface area contributed by atoms with Crippen LogP contribution in [0.4, 0.5) is 11.4 Å². The van der Waals surface area contributed by atoms with Gasteiger partial charge in [0.2, 0.25) is 10.0 Å². The number of hydrogen-bond donors (Lipinski definition) is 1. The Morgan fingerprint density at radius 2 is 1.69 bits per heavy atom. The summed E-state index contributed by atoms with van der Waals surface area (Å²) < 4.78 is 40.7. The summed E-state index contributed by atoms with van der Waals surface area (Å²) in [4.78, 5) is 12.7. The Kier molecular flexibility index (Phi) is 7.33. The lowest BCUT2D eigenvalue weighted by molar-refractivity contribution is -0.122. The summed E-state index contributed by atoms with van der Waals surface area (Å²) in [7, 11) is 1.17. The van der Waals surface area contributed by atoms with E-state index in [1.807, 2.05) is 6.92 Å². The third-order valence-corrected chi connectivity index (χ3v) is 5.51. The predicted molar refractivity (Wildman–Crippen MR) is 113 cm³/mol. The number of carbonyl (C=O) groups is 1. The molecule has 1 N–H and O–H groups in total. The first-order valence-electron chi connectivity index (χ1n) is 8.93. The van der Waals surface area contributed by atoms with Gasteiger partial charge < -0.3 is 19.5 Å². The van der Waals surface area contributed by atoms with Gasteiger partial charge in [-0.2, -0.15) is 0 Å². The van der Waals surface area contributed by atoms with Gasteiger partial charge in [0, 0.05) is 13.1 Å². The van der Waals surface area contributed by atoms with Crippen molar-refractivity contribution >= 4 is 27.3 Å². The summed E-state index contributed by atoms with van der Waals surface area (Å²) >= 11 is 0. The topological polar surface area (TPSA) is 94.2 Å². The van der Waals surface area contributed by atoms with Crippen LogP contribution in [0.15, 0.2) is 42.5 Å². The standard InChI is InChI=1S/C20H26N2O6S/c1-6-18(20(23)21-17-13-16(26-3)11-12-19(17)27-4)28-15-9-7-14(8-10-15)22(2)29(5,24)25/h7-13,18H,6H2,1-5H3,(H,21,23). The molecule has 1 amide bonds. The molecule has 0 heterocycles. The molecule has 0 fully saturated rings. The van der Waals surface area contributed by atoms with Gasteiger partial charge in [0.1, 0.15) is 17.2 Å². The van der Waals surface area contributed by atoms with E-state index in [1.54, 1.807) is 42.5 Å². The number of methoxy groups -OCH3 is 2. The minimum atomic E-state index is -3.35. The van der Waals surface area contributed by atoms with E-state index < -0.39 is 16.1 Å². The molecule has 1 atom stereocenters. The van der Waals surface area contributed by atoms with E-state index in [-0.39, 0.29) is 5.91 Å². The van der Waals surface area contributed by atoms with Crippen molar-refractivity contribution in [1.82, 2.24) is 0 Å². The minimum Gasteiger partial charge on any atom is -0.497 e. The van der Waals surface area contributed by atoms with Crippen molar-refractivity contribution in [2.24, 2.45) is 0 Å². The Morgan fingerprint density at radius 3 is 2.21 bits per heavy atom. The molecule has 0 saturated carbocycles. The van der Waals surface area contributed by atoms with E-state index in [0.717, 1.165) is 10.6 Å². The van der Waals surface area contributed by atoms with Gasteiger partial charge in [-0.3, -0.25) is 9.10 Å². The molecule has 158 valence electrons. The molecule has 0 spiro atoms. The zero-order valence-electron chi connectivity index (χ0n) is 17.1. The molecule has 0 aliphatic rings. The van der Waals surface area contributed by atoms with Gasteiger partial charge in [0.15, 0.2) is 6.10 Å². The normalized spacial score (nSPS) is 12.0. The average molecular weight is 423 g/mol. The maximum absolute atomic E-state index is 12.7. The molecule has 0 radical (unpaired) electrons. The van der Waals surface area contributed by atoms with Gasteiger partial charge in [-0.15, -0.1) is 0 Å². The van der Waals surface area contributed by atoms with Crippen LogP contribution in [0.1, 0.15) is 13.3 Å². The van der Waals surface area contributed by atoms with E-state index in [0.29, 0.717) is 35.0 Å². The van der Waals surface area contributed by atoms with Crippen LogP contribution in [0.3, 0.4) is 0 Å². The number of ether oxygens (including phenoxy) is 3. The van der Waals surface area contributed by atoms with Crippen molar-refractivity contribution < 1.29 is 27.4 Å². The van der Waals surface area contributed by atoms with Gasteiger partial charge in [0.05, 0.1) is 31.9 Å². The Hall–Kier alpha value is -2.94. The minimum absolute atomic E-state index is 0.337. The van der Waals surface area contributed by atoms with E-state index >= 15 is 0 Å². The summed E-state index contributed by atoms with van der Waals surface area (Å²) in [5, 5.41) is 2.80. The van der Waals surface area contributed by atoms with Gasteiger partial charge in [-0.1, -0.05) is 6.92 Å². The van der Waals surface area contributed by atoms with E-state index in [4.69, 9.17) is 14.2 Å². The van der Waals surface area contributed by atoms with Crippen molar-refractivity contribution in [3.8, 4) is 17.2 Å². The number of sulfonamides is 1. The number of nitrogens with zero attached hydrogens (tertiary/aromatic N) is 1. The molecule has 8 nitrogen and oxygen atoms in total. The van der Waals surface area contributed by atoms with Crippen molar-refractivity contribution in [2.75, 3.05) is 37.1 Å². The first-order valence-corrected chi connectivity index (χ1v) is 10.8. The quantitative estimate of drug-likeness (QED) is 0.668. The zero-order chi connectivity index (χ0) is 21.6. The summed E-state index contributed by atoms with van der Waals surface area (Å²) in [5.41, 5.74) is 0.975. The van der Waals surface area contributed by atoms with E-state index in [9.17, 15) is 13.2 Å². The number of carbonyl (C=O) groups excluding carboxylic acids is 1.